The summed E-state index contributed by atoms with van der Waals surface area (Å²) in [6, 6.07) is 3.09. The Hall–Kier alpha value is -2.44. The molecule has 0 aliphatic rings. The molecule has 0 atom stereocenters. The van der Waals surface area contributed by atoms with Crippen LogP contribution in [0.5, 0.6) is 0 Å². The van der Waals surface area contributed by atoms with Crippen LogP contribution in [0.15, 0.2) is 22.1 Å². The molecule has 1 aromatic heterocycles. The van der Waals surface area contributed by atoms with Gasteiger partial charge in [0.1, 0.15) is 0 Å². The topological polar surface area (TPSA) is 70.3 Å². The van der Waals surface area contributed by atoms with Crippen molar-refractivity contribution in [2.75, 3.05) is 28.2 Å². The van der Waals surface area contributed by atoms with Gasteiger partial charge < -0.3 is 14.4 Å². The lowest BCUT2D eigenvalue weighted by Gasteiger charge is -2.10. The second kappa shape index (κ2) is 7.02. The van der Waals surface area contributed by atoms with E-state index < -0.39 is 0 Å². The third-order valence-electron chi connectivity index (χ3n) is 3.16. The predicted molar refractivity (Wildman–Crippen MR) is 88.0 cm³/mol. The van der Waals surface area contributed by atoms with Crippen LogP contribution >= 0.6 is 0 Å². The highest BCUT2D eigenvalue weighted by atomic mass is 16.2. The van der Waals surface area contributed by atoms with E-state index >= 15 is 0 Å². The summed E-state index contributed by atoms with van der Waals surface area (Å²) in [7, 11) is 8.46. The van der Waals surface area contributed by atoms with Gasteiger partial charge in [-0.3, -0.25) is 0 Å². The van der Waals surface area contributed by atoms with Crippen LogP contribution in [0.3, 0.4) is 0 Å². The largest absolute Gasteiger partial charge is 0.343 e. The first-order valence-corrected chi connectivity index (χ1v) is 6.84. The summed E-state index contributed by atoms with van der Waals surface area (Å²) in [6.45, 7) is 3.55. The molecule has 0 aromatic carbocycles. The molecule has 7 nitrogen and oxygen atoms in total. The van der Waals surface area contributed by atoms with Crippen LogP contribution in [0.25, 0.3) is 0 Å². The van der Waals surface area contributed by atoms with E-state index in [4.69, 9.17) is 0 Å². The molecule has 0 aliphatic heterocycles. The van der Waals surface area contributed by atoms with Crippen molar-refractivity contribution in [3.8, 4) is 0 Å². The average molecular weight is 305 g/mol. The van der Waals surface area contributed by atoms with Crippen LogP contribution in [0, 0.1) is 0 Å². The second-order valence-electron chi connectivity index (χ2n) is 5.41. The molecule has 1 heterocycles. The van der Waals surface area contributed by atoms with Crippen molar-refractivity contribution >= 4 is 23.5 Å². The third kappa shape index (κ3) is 4.03. The normalized spacial score (nSPS) is 12.3. The van der Waals surface area contributed by atoms with E-state index in [9.17, 15) is 9.59 Å². The van der Waals surface area contributed by atoms with Crippen molar-refractivity contribution in [3.63, 3.8) is 0 Å². The monoisotopic (exact) mass is 305 g/mol. The molecule has 22 heavy (non-hydrogen) atoms. The van der Waals surface area contributed by atoms with E-state index in [2.05, 4.69) is 9.98 Å². The molecule has 0 saturated carbocycles. The highest BCUT2D eigenvalue weighted by Crippen LogP contribution is 2.11. The summed E-state index contributed by atoms with van der Waals surface area (Å²) in [5.41, 5.74) is 2.83. The number of aliphatic imine (C=N–C) groups is 2. The smallest absolute Gasteiger partial charge is 0.342 e. The second-order valence-corrected chi connectivity index (χ2v) is 5.41. The standard InChI is InChI=1S/C15H23N5O2/c1-10(16-14(21)18(3)4)12-8-9-13(20(12)7)11(2)17-15(22)19(5)6/h8-9H,1-7H3/b16-10-,17-11+. The minimum atomic E-state index is -0.312. The van der Waals surface area contributed by atoms with Gasteiger partial charge in [0.05, 0.1) is 22.8 Å². The fourth-order valence-corrected chi connectivity index (χ4v) is 1.84. The maximum Gasteiger partial charge on any atom is 0.343 e. The zero-order chi connectivity index (χ0) is 17.0. The molecule has 0 radical (unpaired) electrons. The quantitative estimate of drug-likeness (QED) is 0.784. The number of carbonyl (C=O) groups is 2. The van der Waals surface area contributed by atoms with Gasteiger partial charge >= 0.3 is 12.1 Å². The van der Waals surface area contributed by atoms with Gasteiger partial charge in [-0.05, 0) is 26.0 Å². The van der Waals surface area contributed by atoms with E-state index in [1.807, 2.05) is 23.7 Å². The molecule has 120 valence electrons. The molecule has 0 bridgehead atoms. The zero-order valence-electron chi connectivity index (χ0n) is 14.2. The molecule has 1 rings (SSSR count). The highest BCUT2D eigenvalue weighted by Gasteiger charge is 2.12. The highest BCUT2D eigenvalue weighted by molar-refractivity contribution is 6.07. The minimum absolute atomic E-state index is 0.312. The summed E-state index contributed by atoms with van der Waals surface area (Å²) < 4.78 is 1.86. The van der Waals surface area contributed by atoms with Gasteiger partial charge in [0.2, 0.25) is 0 Å². The molecule has 7 heteroatoms. The maximum absolute atomic E-state index is 11.7. The Bertz CT molecular complexity index is 585. The van der Waals surface area contributed by atoms with Gasteiger partial charge in [0, 0.05) is 35.2 Å². The van der Waals surface area contributed by atoms with E-state index in [0.29, 0.717) is 11.4 Å². The molecular weight excluding hydrogens is 282 g/mol. The van der Waals surface area contributed by atoms with Crippen molar-refractivity contribution in [1.82, 2.24) is 14.4 Å². The first-order valence-electron chi connectivity index (χ1n) is 6.84. The summed E-state index contributed by atoms with van der Waals surface area (Å²) >= 11 is 0. The average Bonchev–Trinajstić information content (AvgIpc) is 2.80. The number of nitrogens with zero attached hydrogens (tertiary/aromatic N) is 5. The Morgan fingerprint density at radius 3 is 1.45 bits per heavy atom. The molecular formula is C15H23N5O2. The SMILES string of the molecule is C/C(=N/C(=O)N(C)C)c1ccc(/C(C)=N/C(=O)N(C)C)n1C. The Morgan fingerprint density at radius 2 is 1.18 bits per heavy atom. The van der Waals surface area contributed by atoms with Gasteiger partial charge in [0.25, 0.3) is 0 Å². The Morgan fingerprint density at radius 1 is 0.864 bits per heavy atom. The maximum atomic E-state index is 11.7. The van der Waals surface area contributed by atoms with Crippen molar-refractivity contribution in [3.05, 3.63) is 23.5 Å². The fraction of sp³-hybridized carbons (Fsp3) is 0.467. The number of amides is 4. The van der Waals surface area contributed by atoms with Gasteiger partial charge in [-0.15, -0.1) is 0 Å². The molecule has 0 aliphatic carbocycles. The number of rotatable bonds is 2. The fourth-order valence-electron chi connectivity index (χ4n) is 1.84. The third-order valence-corrected chi connectivity index (χ3v) is 3.16. The summed E-state index contributed by atoms with van der Waals surface area (Å²) in [4.78, 5) is 34.2. The molecule has 1 aromatic rings. The zero-order valence-corrected chi connectivity index (χ0v) is 14.2. The van der Waals surface area contributed by atoms with E-state index in [1.54, 1.807) is 42.0 Å². The van der Waals surface area contributed by atoms with Crippen LogP contribution in [-0.2, 0) is 7.05 Å². The lowest BCUT2D eigenvalue weighted by molar-refractivity contribution is 0.226. The molecule has 0 unspecified atom stereocenters. The van der Waals surface area contributed by atoms with Crippen molar-refractivity contribution in [2.45, 2.75) is 13.8 Å². The molecule has 0 fully saturated rings. The number of aromatic nitrogens is 1. The first-order chi connectivity index (χ1) is 10.1. The van der Waals surface area contributed by atoms with Gasteiger partial charge in [-0.2, -0.15) is 9.98 Å². The number of urea groups is 2. The molecule has 0 saturated heterocycles. The molecule has 0 spiro atoms. The van der Waals surface area contributed by atoms with E-state index in [0.717, 1.165) is 11.4 Å². The summed E-state index contributed by atoms with van der Waals surface area (Å²) in [5, 5.41) is 0. The van der Waals surface area contributed by atoms with Crippen molar-refractivity contribution in [1.29, 1.82) is 0 Å². The number of carbonyl (C=O) groups excluding carboxylic acids is 2. The molecule has 0 N–H and O–H groups in total. The van der Waals surface area contributed by atoms with Crippen LogP contribution in [0.2, 0.25) is 0 Å². The lowest BCUT2D eigenvalue weighted by Crippen LogP contribution is -2.20. The first kappa shape index (κ1) is 17.6. The van der Waals surface area contributed by atoms with Crippen LogP contribution < -0.4 is 0 Å². The van der Waals surface area contributed by atoms with Crippen molar-refractivity contribution < 1.29 is 9.59 Å². The Kier molecular flexibility index (Phi) is 5.62. The van der Waals surface area contributed by atoms with Gasteiger partial charge in [-0.1, -0.05) is 0 Å². The van der Waals surface area contributed by atoms with E-state index in [1.165, 1.54) is 9.80 Å². The van der Waals surface area contributed by atoms with Crippen LogP contribution in [-0.4, -0.2) is 66.0 Å². The lowest BCUT2D eigenvalue weighted by atomic mass is 10.3. The van der Waals surface area contributed by atoms with Crippen LogP contribution in [0.4, 0.5) is 9.59 Å². The van der Waals surface area contributed by atoms with Crippen molar-refractivity contribution in [2.24, 2.45) is 17.0 Å². The summed E-state index contributed by atoms with van der Waals surface area (Å²) in [5.74, 6) is 0. The van der Waals surface area contributed by atoms with Gasteiger partial charge in [0.15, 0.2) is 0 Å². The number of hydrogen-bond donors (Lipinski definition) is 0. The van der Waals surface area contributed by atoms with Gasteiger partial charge in [-0.25, -0.2) is 9.59 Å². The molecule has 4 amide bonds. The van der Waals surface area contributed by atoms with Crippen LogP contribution in [0.1, 0.15) is 25.2 Å². The Labute approximate surface area is 130 Å². The summed E-state index contributed by atoms with van der Waals surface area (Å²) in [6.07, 6.45) is 0. The Balaban J connectivity index is 3.14. The predicted octanol–water partition coefficient (Wildman–Crippen LogP) is 2.01. The van der Waals surface area contributed by atoms with E-state index in [-0.39, 0.29) is 12.1 Å². The minimum Gasteiger partial charge on any atom is -0.342 e. The number of hydrogen-bond acceptors (Lipinski definition) is 2.